The third-order valence-corrected chi connectivity index (χ3v) is 3.16. The first-order valence-electron chi connectivity index (χ1n) is 4.88. The van der Waals surface area contributed by atoms with Gasteiger partial charge < -0.3 is 5.32 Å². The molecule has 2 atom stereocenters. The largest absolute Gasteiger partial charge is 0.358 e. The van der Waals surface area contributed by atoms with E-state index in [0.29, 0.717) is 17.1 Å². The first-order chi connectivity index (χ1) is 6.27. The van der Waals surface area contributed by atoms with Crippen molar-refractivity contribution in [1.29, 1.82) is 0 Å². The summed E-state index contributed by atoms with van der Waals surface area (Å²) in [6.45, 7) is 2.09. The van der Waals surface area contributed by atoms with Gasteiger partial charge in [-0.25, -0.2) is 0 Å². The van der Waals surface area contributed by atoms with E-state index < -0.39 is 0 Å². The van der Waals surface area contributed by atoms with E-state index in [1.165, 1.54) is 31.4 Å². The molecule has 0 saturated heterocycles. The number of hydrogen-bond acceptors (Lipinski definition) is 2. The Hall–Kier alpha value is -0.640. The van der Waals surface area contributed by atoms with Crippen molar-refractivity contribution in [3.05, 3.63) is 0 Å². The summed E-state index contributed by atoms with van der Waals surface area (Å²) in [6, 6.07) is 0.514. The average molecular weight is 197 g/mol. The van der Waals surface area contributed by atoms with Crippen LogP contribution < -0.4 is 10.7 Å². The molecule has 2 N–H and O–H groups in total. The fraction of sp³-hybridized carbons (Fsp3) is 0.778. The lowest BCUT2D eigenvalue weighted by atomic mass is 9.82. The molecular weight excluding hydrogens is 182 g/mol. The zero-order valence-corrected chi connectivity index (χ0v) is 8.66. The number of nitrogens with zero attached hydrogens (tertiary/aromatic N) is 1. The Morgan fingerprint density at radius 1 is 1.38 bits per heavy atom. The van der Waals surface area contributed by atoms with Crippen LogP contribution >= 0.6 is 12.2 Å². The minimum Gasteiger partial charge on any atom is -0.358 e. The summed E-state index contributed by atoms with van der Waals surface area (Å²) in [7, 11) is 0. The molecule has 0 aromatic rings. The molecule has 2 unspecified atom stereocenters. The van der Waals surface area contributed by atoms with Gasteiger partial charge in [-0.05, 0) is 32.0 Å². The summed E-state index contributed by atoms with van der Waals surface area (Å²) in [4.78, 5) is 0. The maximum Gasteiger partial charge on any atom is 0.187 e. The van der Waals surface area contributed by atoms with E-state index in [-0.39, 0.29) is 0 Å². The average Bonchev–Trinajstić information content (AvgIpc) is 2.27. The third kappa shape index (κ3) is 1.82. The Morgan fingerprint density at radius 2 is 2.15 bits per heavy atom. The van der Waals surface area contributed by atoms with Gasteiger partial charge in [0.2, 0.25) is 0 Å². The Balaban J connectivity index is 2.17. The number of rotatable bonds is 0. The molecule has 1 fully saturated rings. The lowest BCUT2D eigenvalue weighted by Gasteiger charge is -2.30. The third-order valence-electron chi connectivity index (χ3n) is 2.95. The molecule has 0 bridgehead atoms. The molecule has 2 aliphatic rings. The van der Waals surface area contributed by atoms with E-state index in [4.69, 9.17) is 12.2 Å². The smallest absolute Gasteiger partial charge is 0.187 e. The summed E-state index contributed by atoms with van der Waals surface area (Å²) in [5, 5.41) is 8.24. The van der Waals surface area contributed by atoms with Crippen molar-refractivity contribution in [1.82, 2.24) is 10.7 Å². The minimum atomic E-state index is 0.514. The molecule has 72 valence electrons. The highest BCUT2D eigenvalue weighted by Gasteiger charge is 2.29. The summed E-state index contributed by atoms with van der Waals surface area (Å²) in [6.07, 6.45) is 5.10. The van der Waals surface area contributed by atoms with Gasteiger partial charge in [0.25, 0.3) is 0 Å². The molecule has 13 heavy (non-hydrogen) atoms. The minimum absolute atomic E-state index is 0.514. The van der Waals surface area contributed by atoms with Crippen LogP contribution in [0.1, 0.15) is 32.6 Å². The van der Waals surface area contributed by atoms with Crippen LogP contribution in [0.25, 0.3) is 0 Å². The van der Waals surface area contributed by atoms with Crippen molar-refractivity contribution in [3.63, 3.8) is 0 Å². The molecule has 0 aromatic heterocycles. The molecule has 4 heteroatoms. The van der Waals surface area contributed by atoms with Crippen molar-refractivity contribution in [2.24, 2.45) is 11.0 Å². The Morgan fingerprint density at radius 3 is 3.00 bits per heavy atom. The van der Waals surface area contributed by atoms with Gasteiger partial charge in [0, 0.05) is 17.7 Å². The molecule has 0 radical (unpaired) electrons. The van der Waals surface area contributed by atoms with E-state index in [1.807, 2.05) is 0 Å². The van der Waals surface area contributed by atoms with Gasteiger partial charge in [-0.2, -0.15) is 5.10 Å². The van der Waals surface area contributed by atoms with E-state index >= 15 is 0 Å². The Bertz CT molecular complexity index is 249. The summed E-state index contributed by atoms with van der Waals surface area (Å²) < 4.78 is 0. The highest BCUT2D eigenvalue weighted by molar-refractivity contribution is 7.80. The number of hydrazone groups is 1. The lowest BCUT2D eigenvalue weighted by Crippen LogP contribution is -2.44. The number of thiocarbonyl (C=S) groups is 1. The van der Waals surface area contributed by atoms with E-state index in [0.717, 1.165) is 0 Å². The summed E-state index contributed by atoms with van der Waals surface area (Å²) in [5.74, 6) is 0.585. The molecular formula is C9H15N3S. The molecule has 1 aliphatic carbocycles. The van der Waals surface area contributed by atoms with Crippen molar-refractivity contribution >= 4 is 23.0 Å². The Labute approximate surface area is 84.0 Å². The second-order valence-electron chi connectivity index (χ2n) is 3.84. The predicted molar refractivity (Wildman–Crippen MR) is 57.7 cm³/mol. The molecule has 1 heterocycles. The van der Waals surface area contributed by atoms with Crippen LogP contribution in [0, 0.1) is 5.92 Å². The fourth-order valence-electron chi connectivity index (χ4n) is 2.23. The van der Waals surface area contributed by atoms with Gasteiger partial charge in [-0.15, -0.1) is 0 Å². The van der Waals surface area contributed by atoms with Crippen molar-refractivity contribution in [2.75, 3.05) is 0 Å². The number of nitrogens with one attached hydrogen (secondary N) is 2. The highest BCUT2D eigenvalue weighted by Crippen LogP contribution is 2.26. The van der Waals surface area contributed by atoms with E-state index in [9.17, 15) is 0 Å². The predicted octanol–water partition coefficient (Wildman–Crippen LogP) is 1.40. The summed E-state index contributed by atoms with van der Waals surface area (Å²) >= 11 is 5.08. The highest BCUT2D eigenvalue weighted by atomic mass is 32.1. The molecule has 0 spiro atoms. The van der Waals surface area contributed by atoms with E-state index in [1.54, 1.807) is 0 Å². The van der Waals surface area contributed by atoms with Gasteiger partial charge >= 0.3 is 0 Å². The van der Waals surface area contributed by atoms with Crippen LogP contribution in [0.2, 0.25) is 0 Å². The van der Waals surface area contributed by atoms with Crippen LogP contribution in [0.5, 0.6) is 0 Å². The van der Waals surface area contributed by atoms with Crippen molar-refractivity contribution in [3.8, 4) is 0 Å². The van der Waals surface area contributed by atoms with E-state index in [2.05, 4.69) is 22.8 Å². The normalized spacial score (nSPS) is 33.6. The quantitative estimate of drug-likeness (QED) is 0.576. The maximum absolute atomic E-state index is 5.08. The van der Waals surface area contributed by atoms with Gasteiger partial charge in [-0.3, -0.25) is 5.43 Å². The van der Waals surface area contributed by atoms with Crippen molar-refractivity contribution < 1.29 is 0 Å². The molecule has 3 nitrogen and oxygen atoms in total. The van der Waals surface area contributed by atoms with Gasteiger partial charge in [0.15, 0.2) is 5.11 Å². The molecule has 0 aromatic carbocycles. The molecule has 1 aliphatic heterocycles. The van der Waals surface area contributed by atoms with Gasteiger partial charge in [0.05, 0.1) is 0 Å². The van der Waals surface area contributed by atoms with Crippen LogP contribution in [0.15, 0.2) is 5.10 Å². The maximum atomic E-state index is 5.08. The van der Waals surface area contributed by atoms with Gasteiger partial charge in [-0.1, -0.05) is 12.8 Å². The second kappa shape index (κ2) is 3.62. The zero-order chi connectivity index (χ0) is 9.26. The lowest BCUT2D eigenvalue weighted by molar-refractivity contribution is 0.357. The molecule has 0 amide bonds. The summed E-state index contributed by atoms with van der Waals surface area (Å²) in [5.41, 5.74) is 4.05. The standard InChI is InChI=1S/C9H15N3S/c1-6-7-4-2-3-5-8(7)10-9(13)12-11-6/h7-8H,2-5H2,1H3,(H2,10,12,13). The molecule has 2 rings (SSSR count). The van der Waals surface area contributed by atoms with Gasteiger partial charge in [0.1, 0.15) is 0 Å². The number of hydrogen-bond donors (Lipinski definition) is 2. The fourth-order valence-corrected chi connectivity index (χ4v) is 2.42. The van der Waals surface area contributed by atoms with Crippen LogP contribution in [0.4, 0.5) is 0 Å². The van der Waals surface area contributed by atoms with Crippen LogP contribution in [-0.2, 0) is 0 Å². The zero-order valence-electron chi connectivity index (χ0n) is 7.84. The monoisotopic (exact) mass is 197 g/mol. The number of fused-ring (bicyclic) bond motifs is 1. The topological polar surface area (TPSA) is 36.4 Å². The first-order valence-corrected chi connectivity index (χ1v) is 5.29. The van der Waals surface area contributed by atoms with Crippen LogP contribution in [-0.4, -0.2) is 16.9 Å². The van der Waals surface area contributed by atoms with Crippen LogP contribution in [0.3, 0.4) is 0 Å². The SMILES string of the molecule is CC1=NNC(=S)NC2CCCCC12. The van der Waals surface area contributed by atoms with Crippen molar-refractivity contribution in [2.45, 2.75) is 38.6 Å². The Kier molecular flexibility index (Phi) is 2.49. The second-order valence-corrected chi connectivity index (χ2v) is 4.24. The molecule has 1 saturated carbocycles. The first kappa shape index (κ1) is 8.94.